The number of hydrogen-bond acceptors (Lipinski definition) is 3. The summed E-state index contributed by atoms with van der Waals surface area (Å²) in [5, 5.41) is 8.87. The Labute approximate surface area is 123 Å². The van der Waals surface area contributed by atoms with Crippen LogP contribution in [0.25, 0.3) is 0 Å². The zero-order chi connectivity index (χ0) is 14.4. The summed E-state index contributed by atoms with van der Waals surface area (Å²) >= 11 is 3.34. The molecule has 4 heteroatoms. The van der Waals surface area contributed by atoms with Crippen LogP contribution in [0.4, 0.5) is 0 Å². The van der Waals surface area contributed by atoms with Crippen molar-refractivity contribution in [2.24, 2.45) is 16.7 Å². The first-order chi connectivity index (χ1) is 8.71. The molecule has 0 aliphatic heterocycles. The van der Waals surface area contributed by atoms with Gasteiger partial charge in [-0.3, -0.25) is 0 Å². The molecule has 0 unspecified atom stereocenters. The van der Waals surface area contributed by atoms with E-state index in [2.05, 4.69) is 55.5 Å². The first-order valence-electron chi connectivity index (χ1n) is 6.43. The molecule has 0 radical (unpaired) electrons. The summed E-state index contributed by atoms with van der Waals surface area (Å²) in [6.07, 6.45) is 1.77. The monoisotopic (exact) mass is 322 g/mol. The molecule has 0 saturated heterocycles. The number of halogens is 1. The van der Waals surface area contributed by atoms with Crippen LogP contribution in [0.1, 0.15) is 40.3 Å². The molecule has 1 aromatic heterocycles. The molecule has 0 bridgehead atoms. The number of nitriles is 1. The van der Waals surface area contributed by atoms with Crippen molar-refractivity contribution in [3.8, 4) is 11.8 Å². The molecule has 1 aliphatic rings. The molecule has 0 atom stereocenters. The van der Waals surface area contributed by atoms with Gasteiger partial charge in [-0.05, 0) is 27.9 Å². The predicted molar refractivity (Wildman–Crippen MR) is 77.8 cm³/mol. The van der Waals surface area contributed by atoms with Gasteiger partial charge in [0.1, 0.15) is 17.9 Å². The fourth-order valence-corrected chi connectivity index (χ4v) is 3.70. The summed E-state index contributed by atoms with van der Waals surface area (Å²) in [4.78, 5) is 4.09. The Morgan fingerprint density at radius 2 is 1.89 bits per heavy atom. The maximum absolute atomic E-state index is 8.87. The third kappa shape index (κ3) is 2.14. The molecule has 1 heterocycles. The summed E-state index contributed by atoms with van der Waals surface area (Å²) in [6.45, 7) is 11.2. The van der Waals surface area contributed by atoms with E-state index in [1.165, 1.54) is 0 Å². The fourth-order valence-electron chi connectivity index (χ4n) is 3.28. The molecule has 102 valence electrons. The molecular formula is C15H19BrN2O. The van der Waals surface area contributed by atoms with E-state index in [-0.39, 0.29) is 16.9 Å². The van der Waals surface area contributed by atoms with Crippen LogP contribution in [0.15, 0.2) is 16.7 Å². The van der Waals surface area contributed by atoms with E-state index in [0.717, 1.165) is 0 Å². The Bertz CT molecular complexity index is 530. The van der Waals surface area contributed by atoms with Gasteiger partial charge in [0, 0.05) is 10.8 Å². The van der Waals surface area contributed by atoms with Gasteiger partial charge in [-0.1, -0.05) is 34.6 Å². The summed E-state index contributed by atoms with van der Waals surface area (Å²) in [6, 6.07) is 3.85. The molecule has 2 rings (SSSR count). The Morgan fingerprint density at radius 1 is 1.32 bits per heavy atom. The lowest BCUT2D eigenvalue weighted by molar-refractivity contribution is -0.190. The van der Waals surface area contributed by atoms with Crippen molar-refractivity contribution in [3.63, 3.8) is 0 Å². The molecule has 0 aromatic carbocycles. The standard InChI is InChI=1S/C15H19BrN2O/c1-9-14(2,3)13(15(9,4)5)19-10-6-11(16)12(7-17)18-8-10/h6,8-9,13H,1-5H3. The van der Waals surface area contributed by atoms with E-state index in [1.807, 2.05) is 12.1 Å². The first-order valence-corrected chi connectivity index (χ1v) is 7.23. The number of aromatic nitrogens is 1. The maximum Gasteiger partial charge on any atom is 0.154 e. The van der Waals surface area contributed by atoms with E-state index < -0.39 is 0 Å². The van der Waals surface area contributed by atoms with E-state index in [1.54, 1.807) is 6.20 Å². The highest BCUT2D eigenvalue weighted by atomic mass is 79.9. The van der Waals surface area contributed by atoms with Crippen LogP contribution < -0.4 is 4.74 Å². The molecule has 1 saturated carbocycles. The fraction of sp³-hybridized carbons (Fsp3) is 0.600. The van der Waals surface area contributed by atoms with Crippen LogP contribution >= 0.6 is 15.9 Å². The summed E-state index contributed by atoms with van der Waals surface area (Å²) < 4.78 is 6.81. The second-order valence-corrected chi connectivity index (χ2v) is 7.33. The van der Waals surface area contributed by atoms with Gasteiger partial charge in [0.25, 0.3) is 0 Å². The minimum absolute atomic E-state index is 0.143. The maximum atomic E-state index is 8.87. The van der Waals surface area contributed by atoms with Gasteiger partial charge in [-0.15, -0.1) is 0 Å². The largest absolute Gasteiger partial charge is 0.488 e. The van der Waals surface area contributed by atoms with Crippen molar-refractivity contribution in [1.29, 1.82) is 5.26 Å². The Hall–Kier alpha value is -1.08. The topological polar surface area (TPSA) is 45.9 Å². The molecule has 0 N–H and O–H groups in total. The smallest absolute Gasteiger partial charge is 0.154 e. The highest BCUT2D eigenvalue weighted by Gasteiger charge is 2.61. The van der Waals surface area contributed by atoms with Crippen molar-refractivity contribution in [1.82, 2.24) is 4.98 Å². The number of nitrogens with zero attached hydrogens (tertiary/aromatic N) is 2. The third-order valence-electron chi connectivity index (χ3n) is 4.76. The van der Waals surface area contributed by atoms with Gasteiger partial charge in [0.15, 0.2) is 5.69 Å². The summed E-state index contributed by atoms with van der Waals surface area (Å²) in [5.74, 6) is 1.31. The zero-order valence-corrected chi connectivity index (χ0v) is 13.6. The molecule has 3 nitrogen and oxygen atoms in total. The summed E-state index contributed by atoms with van der Waals surface area (Å²) in [5.41, 5.74) is 0.668. The predicted octanol–water partition coefficient (Wildman–Crippen LogP) is 4.17. The van der Waals surface area contributed by atoms with Crippen molar-refractivity contribution in [2.45, 2.75) is 40.7 Å². The van der Waals surface area contributed by atoms with Gasteiger partial charge in [0.2, 0.25) is 0 Å². The van der Waals surface area contributed by atoms with Gasteiger partial charge in [-0.2, -0.15) is 5.26 Å². The van der Waals surface area contributed by atoms with Crippen LogP contribution in [0.3, 0.4) is 0 Å². The van der Waals surface area contributed by atoms with Crippen molar-refractivity contribution in [2.75, 3.05) is 0 Å². The molecule has 1 fully saturated rings. The van der Waals surface area contributed by atoms with Crippen LogP contribution in [-0.4, -0.2) is 11.1 Å². The van der Waals surface area contributed by atoms with E-state index in [4.69, 9.17) is 10.00 Å². The average molecular weight is 323 g/mol. The Morgan fingerprint density at radius 3 is 2.37 bits per heavy atom. The van der Waals surface area contributed by atoms with E-state index in [0.29, 0.717) is 21.8 Å². The number of ether oxygens (including phenoxy) is 1. The summed E-state index contributed by atoms with van der Waals surface area (Å²) in [7, 11) is 0. The average Bonchev–Trinajstić information content (AvgIpc) is 2.34. The molecular weight excluding hydrogens is 304 g/mol. The number of pyridine rings is 1. The SMILES string of the molecule is CC1C(C)(C)C(Oc2cnc(C#N)c(Br)c2)C1(C)C. The van der Waals surface area contributed by atoms with Crippen molar-refractivity contribution >= 4 is 15.9 Å². The quantitative estimate of drug-likeness (QED) is 0.821. The lowest BCUT2D eigenvalue weighted by Gasteiger charge is -2.62. The lowest BCUT2D eigenvalue weighted by Crippen LogP contribution is -2.64. The minimum Gasteiger partial charge on any atom is -0.488 e. The van der Waals surface area contributed by atoms with Crippen LogP contribution in [0.2, 0.25) is 0 Å². The Balaban J connectivity index is 2.23. The van der Waals surface area contributed by atoms with Gasteiger partial charge in [0.05, 0.1) is 10.7 Å². The zero-order valence-electron chi connectivity index (χ0n) is 12.0. The second kappa shape index (κ2) is 4.49. The molecule has 0 amide bonds. The van der Waals surface area contributed by atoms with E-state index >= 15 is 0 Å². The third-order valence-corrected chi connectivity index (χ3v) is 5.36. The normalized spacial score (nSPS) is 27.2. The number of rotatable bonds is 2. The minimum atomic E-state index is 0.143. The van der Waals surface area contributed by atoms with Crippen molar-refractivity contribution < 1.29 is 4.74 Å². The Kier molecular flexibility index (Phi) is 3.38. The van der Waals surface area contributed by atoms with Crippen LogP contribution in [-0.2, 0) is 0 Å². The number of hydrogen-bond donors (Lipinski definition) is 0. The van der Waals surface area contributed by atoms with Crippen molar-refractivity contribution in [3.05, 3.63) is 22.4 Å². The van der Waals surface area contributed by atoms with Crippen LogP contribution in [0, 0.1) is 28.1 Å². The van der Waals surface area contributed by atoms with Gasteiger partial charge in [-0.25, -0.2) is 4.98 Å². The highest BCUT2D eigenvalue weighted by molar-refractivity contribution is 9.10. The first kappa shape index (κ1) is 14.3. The molecule has 1 aliphatic carbocycles. The van der Waals surface area contributed by atoms with E-state index in [9.17, 15) is 0 Å². The van der Waals surface area contributed by atoms with Gasteiger partial charge >= 0.3 is 0 Å². The second-order valence-electron chi connectivity index (χ2n) is 6.48. The van der Waals surface area contributed by atoms with Crippen LogP contribution in [0.5, 0.6) is 5.75 Å². The highest BCUT2D eigenvalue weighted by Crippen LogP contribution is 2.59. The van der Waals surface area contributed by atoms with Gasteiger partial charge < -0.3 is 4.74 Å². The molecule has 19 heavy (non-hydrogen) atoms. The molecule has 1 aromatic rings. The molecule has 0 spiro atoms. The lowest BCUT2D eigenvalue weighted by atomic mass is 9.46.